The fraction of sp³-hybridized carbons (Fsp3) is 0.778. The zero-order valence-electron chi connectivity index (χ0n) is 8.17. The summed E-state index contributed by atoms with van der Waals surface area (Å²) < 4.78 is 0. The van der Waals surface area contributed by atoms with Crippen molar-refractivity contribution >= 4 is 11.8 Å². The summed E-state index contributed by atoms with van der Waals surface area (Å²) in [5, 5.41) is 0. The zero-order chi connectivity index (χ0) is 10.1. The Labute approximate surface area is 78.1 Å². The summed E-state index contributed by atoms with van der Waals surface area (Å²) in [4.78, 5) is 24.0. The summed E-state index contributed by atoms with van der Waals surface area (Å²) in [6, 6.07) is 0. The van der Waals surface area contributed by atoms with E-state index in [1.807, 2.05) is 0 Å². The Bertz CT molecular complexity index is 240. The number of carbonyl (C=O) groups is 2. The van der Waals surface area contributed by atoms with Crippen LogP contribution in [0.15, 0.2) is 0 Å². The summed E-state index contributed by atoms with van der Waals surface area (Å²) in [6.07, 6.45) is 2.60. The molecule has 0 spiro atoms. The standard InChI is InChI=1S/C9H16N2O2/c1-7(12)11-6-4-3-5-9(11,2)8(10)13/h3-6H2,1-2H3,(H2,10,13). The first-order valence-electron chi connectivity index (χ1n) is 4.56. The van der Waals surface area contributed by atoms with Crippen LogP contribution in [0, 0.1) is 0 Å². The molecule has 0 radical (unpaired) electrons. The predicted molar refractivity (Wildman–Crippen MR) is 48.8 cm³/mol. The number of hydrogen-bond donors (Lipinski definition) is 1. The molecule has 1 fully saturated rings. The Kier molecular flexibility index (Phi) is 2.59. The first kappa shape index (κ1) is 10.0. The number of primary amides is 1. The quantitative estimate of drug-likeness (QED) is 0.635. The summed E-state index contributed by atoms with van der Waals surface area (Å²) in [5.74, 6) is -0.469. The largest absolute Gasteiger partial charge is 0.368 e. The summed E-state index contributed by atoms with van der Waals surface area (Å²) >= 11 is 0. The predicted octanol–water partition coefficient (Wildman–Crippen LogP) is 0.263. The molecule has 0 aromatic heterocycles. The average molecular weight is 184 g/mol. The van der Waals surface area contributed by atoms with E-state index in [1.54, 1.807) is 11.8 Å². The highest BCUT2D eigenvalue weighted by molar-refractivity contribution is 5.89. The third-order valence-electron chi connectivity index (χ3n) is 2.80. The Morgan fingerprint density at radius 1 is 1.38 bits per heavy atom. The molecule has 0 saturated carbocycles. The lowest BCUT2D eigenvalue weighted by Gasteiger charge is -2.41. The maximum absolute atomic E-state index is 11.2. The summed E-state index contributed by atoms with van der Waals surface area (Å²) in [6.45, 7) is 3.87. The van der Waals surface area contributed by atoms with Gasteiger partial charge in [-0.15, -0.1) is 0 Å². The molecule has 0 aliphatic carbocycles. The molecule has 74 valence electrons. The number of rotatable bonds is 1. The molecule has 0 bridgehead atoms. The van der Waals surface area contributed by atoms with E-state index >= 15 is 0 Å². The smallest absolute Gasteiger partial charge is 0.243 e. The Morgan fingerprint density at radius 3 is 2.38 bits per heavy atom. The first-order valence-corrected chi connectivity index (χ1v) is 4.56. The third-order valence-corrected chi connectivity index (χ3v) is 2.80. The maximum Gasteiger partial charge on any atom is 0.243 e. The van der Waals surface area contributed by atoms with Gasteiger partial charge in [0, 0.05) is 13.5 Å². The number of carbonyl (C=O) groups excluding carboxylic acids is 2. The number of nitrogens with zero attached hydrogens (tertiary/aromatic N) is 1. The molecule has 1 aliphatic heterocycles. The van der Waals surface area contributed by atoms with Crippen LogP contribution in [0.2, 0.25) is 0 Å². The molecule has 1 saturated heterocycles. The van der Waals surface area contributed by atoms with Gasteiger partial charge >= 0.3 is 0 Å². The minimum atomic E-state index is -0.760. The second kappa shape index (κ2) is 3.36. The Morgan fingerprint density at radius 2 is 2.00 bits per heavy atom. The van der Waals surface area contributed by atoms with Crippen molar-refractivity contribution in [1.29, 1.82) is 0 Å². The third kappa shape index (κ3) is 1.66. The number of likely N-dealkylation sites (tertiary alicyclic amines) is 1. The van der Waals surface area contributed by atoms with Gasteiger partial charge in [0.15, 0.2) is 0 Å². The molecule has 4 heteroatoms. The molecule has 1 atom stereocenters. The van der Waals surface area contributed by atoms with Crippen LogP contribution in [0.25, 0.3) is 0 Å². The molecule has 13 heavy (non-hydrogen) atoms. The van der Waals surface area contributed by atoms with Gasteiger partial charge in [-0.3, -0.25) is 9.59 Å². The van der Waals surface area contributed by atoms with Crippen molar-refractivity contribution < 1.29 is 9.59 Å². The monoisotopic (exact) mass is 184 g/mol. The van der Waals surface area contributed by atoms with Crippen LogP contribution in [0.5, 0.6) is 0 Å². The molecule has 2 N–H and O–H groups in total. The van der Waals surface area contributed by atoms with Gasteiger partial charge in [0.05, 0.1) is 0 Å². The molecule has 0 aromatic rings. The van der Waals surface area contributed by atoms with Crippen LogP contribution in [0.4, 0.5) is 0 Å². The van der Waals surface area contributed by atoms with Gasteiger partial charge in [-0.05, 0) is 26.2 Å². The average Bonchev–Trinajstić information content (AvgIpc) is 2.04. The lowest BCUT2D eigenvalue weighted by Crippen LogP contribution is -2.59. The molecule has 1 rings (SSSR count). The van der Waals surface area contributed by atoms with E-state index in [0.717, 1.165) is 12.8 Å². The van der Waals surface area contributed by atoms with E-state index in [2.05, 4.69) is 0 Å². The molecule has 2 amide bonds. The van der Waals surface area contributed by atoms with Crippen molar-refractivity contribution in [3.63, 3.8) is 0 Å². The lowest BCUT2D eigenvalue weighted by atomic mass is 9.88. The van der Waals surface area contributed by atoms with Gasteiger partial charge < -0.3 is 10.6 Å². The maximum atomic E-state index is 11.2. The van der Waals surface area contributed by atoms with E-state index in [0.29, 0.717) is 13.0 Å². The van der Waals surface area contributed by atoms with Gasteiger partial charge in [-0.25, -0.2) is 0 Å². The minimum absolute atomic E-state index is 0.0685. The number of amides is 2. The summed E-state index contributed by atoms with van der Waals surface area (Å²) in [5.41, 5.74) is 4.54. The van der Waals surface area contributed by atoms with Crippen LogP contribution in [0.1, 0.15) is 33.1 Å². The van der Waals surface area contributed by atoms with Crippen LogP contribution in [-0.4, -0.2) is 28.8 Å². The second-order valence-corrected chi connectivity index (χ2v) is 3.77. The van der Waals surface area contributed by atoms with Gasteiger partial charge in [-0.1, -0.05) is 0 Å². The normalized spacial score (nSPS) is 28.6. The van der Waals surface area contributed by atoms with Crippen LogP contribution >= 0.6 is 0 Å². The van der Waals surface area contributed by atoms with Crippen molar-refractivity contribution in [2.45, 2.75) is 38.6 Å². The van der Waals surface area contributed by atoms with Crippen molar-refractivity contribution in [2.24, 2.45) is 5.73 Å². The van der Waals surface area contributed by atoms with Crippen molar-refractivity contribution in [3.05, 3.63) is 0 Å². The molecular weight excluding hydrogens is 168 g/mol. The van der Waals surface area contributed by atoms with E-state index in [9.17, 15) is 9.59 Å². The molecule has 4 nitrogen and oxygen atoms in total. The first-order chi connectivity index (χ1) is 5.98. The molecule has 1 aliphatic rings. The van der Waals surface area contributed by atoms with Crippen LogP contribution in [0.3, 0.4) is 0 Å². The van der Waals surface area contributed by atoms with Gasteiger partial charge in [0.2, 0.25) is 11.8 Å². The lowest BCUT2D eigenvalue weighted by molar-refractivity contribution is -0.146. The highest BCUT2D eigenvalue weighted by Gasteiger charge is 2.40. The zero-order valence-corrected chi connectivity index (χ0v) is 8.17. The van der Waals surface area contributed by atoms with Gasteiger partial charge in [0.25, 0.3) is 0 Å². The highest BCUT2D eigenvalue weighted by Crippen LogP contribution is 2.27. The SMILES string of the molecule is CC(=O)N1CCCCC1(C)C(N)=O. The number of hydrogen-bond acceptors (Lipinski definition) is 2. The van der Waals surface area contributed by atoms with Gasteiger partial charge in [-0.2, -0.15) is 0 Å². The van der Waals surface area contributed by atoms with E-state index in [1.165, 1.54) is 6.92 Å². The van der Waals surface area contributed by atoms with E-state index in [4.69, 9.17) is 5.73 Å². The van der Waals surface area contributed by atoms with Crippen molar-refractivity contribution in [3.8, 4) is 0 Å². The fourth-order valence-electron chi connectivity index (χ4n) is 1.88. The fourth-order valence-corrected chi connectivity index (χ4v) is 1.88. The molecule has 1 unspecified atom stereocenters. The van der Waals surface area contributed by atoms with E-state index in [-0.39, 0.29) is 5.91 Å². The van der Waals surface area contributed by atoms with Crippen molar-refractivity contribution in [1.82, 2.24) is 4.90 Å². The van der Waals surface area contributed by atoms with Crippen LogP contribution in [-0.2, 0) is 9.59 Å². The number of piperidine rings is 1. The molecule has 1 heterocycles. The topological polar surface area (TPSA) is 63.4 Å². The summed E-state index contributed by atoms with van der Waals surface area (Å²) in [7, 11) is 0. The second-order valence-electron chi connectivity index (χ2n) is 3.77. The highest BCUT2D eigenvalue weighted by atomic mass is 16.2. The Balaban J connectivity index is 2.89. The molecular formula is C9H16N2O2. The van der Waals surface area contributed by atoms with Crippen molar-refractivity contribution in [2.75, 3.05) is 6.54 Å². The Hall–Kier alpha value is -1.06. The van der Waals surface area contributed by atoms with Crippen LogP contribution < -0.4 is 5.73 Å². The van der Waals surface area contributed by atoms with E-state index < -0.39 is 11.4 Å². The minimum Gasteiger partial charge on any atom is -0.368 e. The van der Waals surface area contributed by atoms with Gasteiger partial charge in [0.1, 0.15) is 5.54 Å². The number of nitrogens with two attached hydrogens (primary N) is 1. The molecule has 0 aromatic carbocycles.